The number of carbonyl (C=O) groups is 1. The standard InChI is InChI=1S/C23H20N2O4/c1-3-25-22(26)20-7-5-4-6-19(20)21(24-25)23(27)29-14-15-8-9-17-13-18(28-2)11-10-16(17)12-15/h4-13H,3,14H2,1-2H3. The van der Waals surface area contributed by atoms with Gasteiger partial charge in [-0.3, -0.25) is 4.79 Å². The molecule has 0 saturated heterocycles. The Balaban J connectivity index is 1.61. The van der Waals surface area contributed by atoms with Gasteiger partial charge in [0.15, 0.2) is 5.69 Å². The van der Waals surface area contributed by atoms with Crippen LogP contribution < -0.4 is 10.3 Å². The zero-order valence-corrected chi connectivity index (χ0v) is 16.2. The van der Waals surface area contributed by atoms with Crippen LogP contribution in [0.4, 0.5) is 0 Å². The number of ether oxygens (including phenoxy) is 2. The van der Waals surface area contributed by atoms with Crippen molar-refractivity contribution in [1.29, 1.82) is 0 Å². The van der Waals surface area contributed by atoms with E-state index >= 15 is 0 Å². The van der Waals surface area contributed by atoms with Crippen LogP contribution in [0.5, 0.6) is 5.75 Å². The molecule has 0 bridgehead atoms. The molecule has 0 amide bonds. The number of esters is 1. The zero-order chi connectivity index (χ0) is 20.4. The van der Waals surface area contributed by atoms with Crippen molar-refractivity contribution < 1.29 is 14.3 Å². The maximum Gasteiger partial charge on any atom is 0.359 e. The highest BCUT2D eigenvalue weighted by atomic mass is 16.5. The third-order valence-electron chi connectivity index (χ3n) is 4.84. The lowest BCUT2D eigenvalue weighted by molar-refractivity contribution is 0.0465. The molecule has 0 aliphatic carbocycles. The Labute approximate surface area is 167 Å². The summed E-state index contributed by atoms with van der Waals surface area (Å²) in [7, 11) is 1.63. The highest BCUT2D eigenvalue weighted by molar-refractivity contribution is 6.02. The minimum absolute atomic E-state index is 0.113. The van der Waals surface area contributed by atoms with Crippen LogP contribution in [0, 0.1) is 0 Å². The molecule has 29 heavy (non-hydrogen) atoms. The molecule has 0 unspecified atom stereocenters. The van der Waals surface area contributed by atoms with Crippen LogP contribution in [0.2, 0.25) is 0 Å². The van der Waals surface area contributed by atoms with Crippen LogP contribution in [0.25, 0.3) is 21.5 Å². The van der Waals surface area contributed by atoms with E-state index in [1.54, 1.807) is 31.4 Å². The molecule has 0 saturated carbocycles. The number of fused-ring (bicyclic) bond motifs is 2. The van der Waals surface area contributed by atoms with Crippen molar-refractivity contribution in [2.45, 2.75) is 20.1 Å². The number of aryl methyl sites for hydroxylation is 1. The molecule has 6 heteroatoms. The van der Waals surface area contributed by atoms with E-state index in [0.717, 1.165) is 22.1 Å². The van der Waals surface area contributed by atoms with Crippen molar-refractivity contribution in [2.24, 2.45) is 0 Å². The van der Waals surface area contributed by atoms with Gasteiger partial charge in [0.1, 0.15) is 12.4 Å². The van der Waals surface area contributed by atoms with E-state index < -0.39 is 5.97 Å². The lowest BCUT2D eigenvalue weighted by Crippen LogP contribution is -2.25. The van der Waals surface area contributed by atoms with Crippen molar-refractivity contribution in [3.63, 3.8) is 0 Å². The van der Waals surface area contributed by atoms with Crippen LogP contribution in [0.1, 0.15) is 23.0 Å². The maximum atomic E-state index is 12.7. The molecule has 0 spiro atoms. The van der Waals surface area contributed by atoms with Crippen LogP contribution in [-0.2, 0) is 17.9 Å². The summed E-state index contributed by atoms with van der Waals surface area (Å²) in [6.45, 7) is 2.29. The molecule has 6 nitrogen and oxygen atoms in total. The monoisotopic (exact) mass is 388 g/mol. The topological polar surface area (TPSA) is 70.4 Å². The highest BCUT2D eigenvalue weighted by Gasteiger charge is 2.17. The van der Waals surface area contributed by atoms with Crippen molar-refractivity contribution in [3.8, 4) is 5.75 Å². The predicted octanol–water partition coefficient (Wildman–Crippen LogP) is 3.94. The smallest absolute Gasteiger partial charge is 0.359 e. The number of benzene rings is 3. The van der Waals surface area contributed by atoms with Gasteiger partial charge in [-0.25, -0.2) is 9.48 Å². The molecule has 0 aliphatic rings. The van der Waals surface area contributed by atoms with Crippen LogP contribution in [0.15, 0.2) is 65.5 Å². The summed E-state index contributed by atoms with van der Waals surface area (Å²) >= 11 is 0. The molecular weight excluding hydrogens is 368 g/mol. The summed E-state index contributed by atoms with van der Waals surface area (Å²) in [6.07, 6.45) is 0. The summed E-state index contributed by atoms with van der Waals surface area (Å²) in [5, 5.41) is 7.24. The SMILES string of the molecule is CCn1nc(C(=O)OCc2ccc3cc(OC)ccc3c2)c2ccccc2c1=O. The van der Waals surface area contributed by atoms with E-state index in [1.807, 2.05) is 43.3 Å². The van der Waals surface area contributed by atoms with E-state index in [4.69, 9.17) is 9.47 Å². The van der Waals surface area contributed by atoms with Gasteiger partial charge in [0.05, 0.1) is 12.5 Å². The molecule has 1 heterocycles. The lowest BCUT2D eigenvalue weighted by atomic mass is 10.1. The fourth-order valence-electron chi connectivity index (χ4n) is 3.31. The largest absolute Gasteiger partial charge is 0.497 e. The first-order valence-electron chi connectivity index (χ1n) is 9.34. The summed E-state index contributed by atoms with van der Waals surface area (Å²) in [5.41, 5.74) is 0.793. The van der Waals surface area contributed by atoms with Crippen LogP contribution in [0.3, 0.4) is 0 Å². The molecule has 0 N–H and O–H groups in total. The van der Waals surface area contributed by atoms with Crippen molar-refractivity contribution in [3.05, 3.63) is 82.3 Å². The Morgan fingerprint density at radius 2 is 1.72 bits per heavy atom. The number of nitrogens with zero attached hydrogens (tertiary/aromatic N) is 2. The van der Waals surface area contributed by atoms with Crippen molar-refractivity contribution in [2.75, 3.05) is 7.11 Å². The second-order valence-corrected chi connectivity index (χ2v) is 6.64. The first-order valence-corrected chi connectivity index (χ1v) is 9.34. The van der Waals surface area contributed by atoms with Gasteiger partial charge in [-0.2, -0.15) is 5.10 Å². The Hall–Kier alpha value is -3.67. The van der Waals surface area contributed by atoms with Gasteiger partial charge in [-0.05, 0) is 47.5 Å². The minimum atomic E-state index is -0.557. The Morgan fingerprint density at radius 3 is 2.48 bits per heavy atom. The normalized spacial score (nSPS) is 11.0. The summed E-state index contributed by atoms with van der Waals surface area (Å²) in [6, 6.07) is 18.6. The number of carbonyl (C=O) groups excluding carboxylic acids is 1. The van der Waals surface area contributed by atoms with Gasteiger partial charge in [0.25, 0.3) is 5.56 Å². The molecule has 4 rings (SSSR count). The zero-order valence-electron chi connectivity index (χ0n) is 16.2. The van der Waals surface area contributed by atoms with E-state index in [1.165, 1.54) is 4.68 Å². The second-order valence-electron chi connectivity index (χ2n) is 6.64. The Morgan fingerprint density at radius 1 is 1.00 bits per heavy atom. The number of hydrogen-bond donors (Lipinski definition) is 0. The lowest BCUT2D eigenvalue weighted by Gasteiger charge is -2.10. The fourth-order valence-corrected chi connectivity index (χ4v) is 3.31. The average molecular weight is 388 g/mol. The first kappa shape index (κ1) is 18.7. The molecule has 0 atom stereocenters. The molecule has 3 aromatic carbocycles. The number of methoxy groups -OCH3 is 1. The summed E-state index contributed by atoms with van der Waals surface area (Å²) < 4.78 is 12.0. The minimum Gasteiger partial charge on any atom is -0.497 e. The van der Waals surface area contributed by atoms with Gasteiger partial charge in [-0.1, -0.05) is 36.4 Å². The van der Waals surface area contributed by atoms with Crippen LogP contribution >= 0.6 is 0 Å². The highest BCUT2D eigenvalue weighted by Crippen LogP contribution is 2.22. The molecule has 4 aromatic rings. The average Bonchev–Trinajstić information content (AvgIpc) is 2.77. The predicted molar refractivity (Wildman–Crippen MR) is 111 cm³/mol. The van der Waals surface area contributed by atoms with Gasteiger partial charge >= 0.3 is 5.97 Å². The molecule has 0 aliphatic heterocycles. The fraction of sp³-hybridized carbons (Fsp3) is 0.174. The van der Waals surface area contributed by atoms with Crippen molar-refractivity contribution in [1.82, 2.24) is 9.78 Å². The molecule has 0 radical (unpaired) electrons. The quantitative estimate of drug-likeness (QED) is 0.485. The Kier molecular flexibility index (Phi) is 4.99. The van der Waals surface area contributed by atoms with E-state index in [2.05, 4.69) is 5.10 Å². The Bertz CT molecular complexity index is 1280. The van der Waals surface area contributed by atoms with Gasteiger partial charge in [0.2, 0.25) is 0 Å². The van der Waals surface area contributed by atoms with E-state index in [0.29, 0.717) is 17.3 Å². The van der Waals surface area contributed by atoms with Gasteiger partial charge in [-0.15, -0.1) is 0 Å². The van der Waals surface area contributed by atoms with Gasteiger partial charge < -0.3 is 9.47 Å². The number of hydrogen-bond acceptors (Lipinski definition) is 5. The van der Waals surface area contributed by atoms with E-state index in [9.17, 15) is 9.59 Å². The maximum absolute atomic E-state index is 12.7. The number of aromatic nitrogens is 2. The first-order chi connectivity index (χ1) is 14.1. The summed E-state index contributed by atoms with van der Waals surface area (Å²) in [4.78, 5) is 25.2. The summed E-state index contributed by atoms with van der Waals surface area (Å²) in [5.74, 6) is 0.235. The van der Waals surface area contributed by atoms with Gasteiger partial charge in [0, 0.05) is 11.9 Å². The third kappa shape index (κ3) is 3.57. The second kappa shape index (κ2) is 7.75. The molecule has 1 aromatic heterocycles. The van der Waals surface area contributed by atoms with Crippen molar-refractivity contribution >= 4 is 27.5 Å². The molecule has 146 valence electrons. The molecular formula is C23H20N2O4. The van der Waals surface area contributed by atoms with E-state index in [-0.39, 0.29) is 17.9 Å². The molecule has 0 fully saturated rings. The third-order valence-corrected chi connectivity index (χ3v) is 4.84. The number of rotatable bonds is 5. The van der Waals surface area contributed by atoms with Crippen LogP contribution in [-0.4, -0.2) is 22.9 Å².